The van der Waals surface area contributed by atoms with Crippen LogP contribution in [-0.2, 0) is 4.29 Å². The molecule has 0 atom stereocenters. The molecule has 11 heavy (non-hydrogen) atoms. The summed E-state index contributed by atoms with van der Waals surface area (Å²) in [7, 11) is 0. The lowest BCUT2D eigenvalue weighted by molar-refractivity contribution is 0.230. The van der Waals surface area contributed by atoms with Crippen molar-refractivity contribution in [2.45, 2.75) is 0 Å². The lowest BCUT2D eigenvalue weighted by Gasteiger charge is -1.71. The van der Waals surface area contributed by atoms with E-state index in [1.165, 1.54) is 0 Å². The van der Waals surface area contributed by atoms with Gasteiger partial charge in [-0.3, -0.25) is 0 Å². The zero-order valence-electron chi connectivity index (χ0n) is 5.38. The first kappa shape index (κ1) is 13.1. The Morgan fingerprint density at radius 1 is 1.36 bits per heavy atom. The van der Waals surface area contributed by atoms with Gasteiger partial charge in [0.1, 0.15) is 25.1 Å². The summed E-state index contributed by atoms with van der Waals surface area (Å²) >= 11 is 8.82. The molecule has 0 bridgehead atoms. The summed E-state index contributed by atoms with van der Waals surface area (Å²) in [5, 5.41) is 15.8. The fourth-order valence-corrected chi connectivity index (χ4v) is 0.112. The van der Waals surface area contributed by atoms with Crippen LogP contribution in [0.15, 0.2) is 0 Å². The average Bonchev–Trinajstić information content (AvgIpc) is 2.02. The molecule has 0 amide bonds. The van der Waals surface area contributed by atoms with Gasteiger partial charge >= 0.3 is 5.43 Å². The first-order valence-corrected chi connectivity index (χ1v) is 3.03. The summed E-state index contributed by atoms with van der Waals surface area (Å²) in [5.74, 6) is 4.51. The minimum Gasteiger partial charge on any atom is -0.384 e. The number of rotatable bonds is 0. The van der Waals surface area contributed by atoms with E-state index in [-0.39, 0.29) is 13.2 Å². The highest BCUT2D eigenvalue weighted by molar-refractivity contribution is 6.62. The molecule has 0 aromatic rings. The first-order valence-electron chi connectivity index (χ1n) is 2.34. The van der Waals surface area contributed by atoms with Crippen molar-refractivity contribution >= 4 is 28.9 Å². The van der Waals surface area contributed by atoms with E-state index >= 15 is 0 Å². The van der Waals surface area contributed by atoms with Crippen molar-refractivity contribution in [2.24, 2.45) is 0 Å². The average molecular weight is 201 g/mol. The van der Waals surface area contributed by atoms with Gasteiger partial charge in [0.25, 0.3) is 0 Å². The van der Waals surface area contributed by atoms with Crippen LogP contribution in [0.25, 0.3) is 0 Å². The zero-order valence-corrected chi connectivity index (χ0v) is 6.89. The van der Waals surface area contributed by atoms with Crippen molar-refractivity contribution in [3.63, 3.8) is 0 Å². The van der Waals surface area contributed by atoms with Crippen molar-refractivity contribution in [1.82, 2.24) is 0 Å². The minimum atomic E-state index is -1.01. The molecular weight excluding hydrogens is 195 g/mol. The maximum absolute atomic E-state index is 9.22. The van der Waals surface area contributed by atoms with Gasteiger partial charge in [-0.25, -0.2) is 4.79 Å². The number of hydrogen-bond acceptors (Lipinski definition) is 4. The summed E-state index contributed by atoms with van der Waals surface area (Å²) in [6, 6.07) is 0. The van der Waals surface area contributed by atoms with E-state index in [4.69, 9.17) is 10.2 Å². The molecule has 0 fully saturated rings. The van der Waals surface area contributed by atoms with Crippen molar-refractivity contribution in [2.75, 3.05) is 13.2 Å². The molecule has 0 aromatic heterocycles. The maximum Gasteiger partial charge on any atom is 0.421 e. The van der Waals surface area contributed by atoms with Crippen molar-refractivity contribution in [1.29, 1.82) is 0 Å². The summed E-state index contributed by atoms with van der Waals surface area (Å²) in [6.07, 6.45) is 0. The summed E-state index contributed by atoms with van der Waals surface area (Å²) in [6.45, 7) is -0.332. The van der Waals surface area contributed by atoms with Gasteiger partial charge in [-0.15, -0.1) is 0 Å². The molecule has 6 heteroatoms. The molecule has 0 aromatic carbocycles. The van der Waals surface area contributed by atoms with E-state index in [9.17, 15) is 4.79 Å². The van der Waals surface area contributed by atoms with Crippen LogP contribution in [-0.4, -0.2) is 28.9 Å². The predicted molar refractivity (Wildman–Crippen MR) is 40.1 cm³/mol. The van der Waals surface area contributed by atoms with E-state index in [2.05, 4.69) is 39.6 Å². The second kappa shape index (κ2) is 12.2. The Morgan fingerprint density at radius 3 is 1.73 bits per heavy atom. The van der Waals surface area contributed by atoms with Crippen LogP contribution in [0.5, 0.6) is 0 Å². The Bertz CT molecular complexity index is 140. The Balaban J connectivity index is 0. The molecule has 64 valence electrons. The van der Waals surface area contributed by atoms with E-state index in [1.54, 1.807) is 0 Å². The number of hydrogen-bond donors (Lipinski definition) is 2. The minimum absolute atomic E-state index is 0.166. The van der Waals surface area contributed by atoms with Crippen molar-refractivity contribution in [3.05, 3.63) is 0 Å². The van der Waals surface area contributed by atoms with E-state index in [1.807, 2.05) is 0 Å². The van der Waals surface area contributed by atoms with Crippen LogP contribution < -0.4 is 0 Å². The first-order chi connectivity index (χ1) is 5.18. The van der Waals surface area contributed by atoms with Gasteiger partial charge in [0.05, 0.1) is 0 Å². The molecule has 4 nitrogen and oxygen atoms in total. The van der Waals surface area contributed by atoms with Gasteiger partial charge in [-0.2, -0.15) is 0 Å². The van der Waals surface area contributed by atoms with E-state index in [0.717, 1.165) is 0 Å². The molecule has 0 saturated carbocycles. The molecule has 2 N–H and O–H groups in total. The molecule has 0 unspecified atom stereocenters. The van der Waals surface area contributed by atoms with Gasteiger partial charge in [-0.05, 0) is 0 Å². The standard InChI is InChI=1S/C4H6O2.CCl2O2/c5-3-1-2-4-6;2-1(4)5-3/h5-6H,3-4H2;. The third kappa shape index (κ3) is 26.3. The molecule has 0 aliphatic carbocycles. The van der Waals surface area contributed by atoms with Crippen molar-refractivity contribution < 1.29 is 19.3 Å². The maximum atomic E-state index is 9.22. The Morgan fingerprint density at radius 2 is 1.64 bits per heavy atom. The highest BCUT2D eigenvalue weighted by atomic mass is 35.5. The molecule has 0 spiro atoms. The van der Waals surface area contributed by atoms with Crippen LogP contribution in [0.4, 0.5) is 4.79 Å². The highest BCUT2D eigenvalue weighted by Crippen LogP contribution is 1.87. The van der Waals surface area contributed by atoms with Gasteiger partial charge < -0.3 is 14.5 Å². The molecule has 0 saturated heterocycles. The number of carbonyl (C=O) groups is 1. The Hall–Kier alpha value is -0.470. The molecule has 0 aliphatic heterocycles. The van der Waals surface area contributed by atoms with E-state index < -0.39 is 5.43 Å². The predicted octanol–water partition coefficient (Wildman–Crippen LogP) is 0.490. The van der Waals surface area contributed by atoms with Crippen molar-refractivity contribution in [3.8, 4) is 11.8 Å². The van der Waals surface area contributed by atoms with Crippen LogP contribution >= 0.6 is 23.5 Å². The van der Waals surface area contributed by atoms with Gasteiger partial charge in [0.15, 0.2) is 0 Å². The SMILES string of the molecule is O=C(Cl)OCl.OCC#CCO. The lowest BCUT2D eigenvalue weighted by atomic mass is 10.6. The smallest absolute Gasteiger partial charge is 0.384 e. The van der Waals surface area contributed by atoms with E-state index in [0.29, 0.717) is 0 Å². The fraction of sp³-hybridized carbons (Fsp3) is 0.400. The van der Waals surface area contributed by atoms with Gasteiger partial charge in [0.2, 0.25) is 0 Å². The normalized spacial score (nSPS) is 6.55. The Labute approximate surface area is 73.8 Å². The van der Waals surface area contributed by atoms with Crippen LogP contribution in [0, 0.1) is 11.8 Å². The number of aliphatic hydroxyl groups excluding tert-OH is 2. The second-order valence-corrected chi connectivity index (χ2v) is 1.45. The van der Waals surface area contributed by atoms with Crippen LogP contribution in [0.3, 0.4) is 0 Å². The topological polar surface area (TPSA) is 66.8 Å². The molecule has 0 aliphatic rings. The summed E-state index contributed by atoms with van der Waals surface area (Å²) in [5.41, 5.74) is -1.01. The monoisotopic (exact) mass is 200 g/mol. The number of aliphatic hydroxyl groups is 2. The Kier molecular flexibility index (Phi) is 14.6. The molecule has 0 radical (unpaired) electrons. The second-order valence-electron chi connectivity index (χ2n) is 0.985. The van der Waals surface area contributed by atoms with Gasteiger partial charge in [-0.1, -0.05) is 11.8 Å². The summed E-state index contributed by atoms with van der Waals surface area (Å²) < 4.78 is 3.35. The van der Waals surface area contributed by atoms with Gasteiger partial charge in [0, 0.05) is 11.6 Å². The highest BCUT2D eigenvalue weighted by Gasteiger charge is 1.84. The molecular formula is C5H6Cl2O4. The largest absolute Gasteiger partial charge is 0.421 e. The quantitative estimate of drug-likeness (QED) is 0.442. The molecule has 0 rings (SSSR count). The third-order valence-corrected chi connectivity index (χ3v) is 0.640. The lowest BCUT2D eigenvalue weighted by Crippen LogP contribution is -1.74. The number of halogens is 2. The summed E-state index contributed by atoms with van der Waals surface area (Å²) in [4.78, 5) is 9.22. The zero-order chi connectivity index (χ0) is 9.11. The third-order valence-electron chi connectivity index (χ3n) is 0.344. The van der Waals surface area contributed by atoms with Crippen LogP contribution in [0.1, 0.15) is 0 Å². The van der Waals surface area contributed by atoms with Crippen LogP contribution in [0.2, 0.25) is 0 Å². The molecule has 0 heterocycles. The number of carbonyl (C=O) groups excluding carboxylic acids is 1. The fourth-order valence-electron chi connectivity index (χ4n) is 0.112.